The van der Waals surface area contributed by atoms with E-state index in [9.17, 15) is 0 Å². The predicted molar refractivity (Wildman–Crippen MR) is 91.5 cm³/mol. The third-order valence-electron chi connectivity index (χ3n) is 4.48. The minimum absolute atomic E-state index is 0.758. The van der Waals surface area contributed by atoms with Gasteiger partial charge in [0.1, 0.15) is 5.82 Å². The molecule has 0 atom stereocenters. The number of nitrogens with zero attached hydrogens (tertiary/aromatic N) is 8. The van der Waals surface area contributed by atoms with Crippen molar-refractivity contribution in [2.45, 2.75) is 20.8 Å². The Morgan fingerprint density at radius 1 is 0.917 bits per heavy atom. The first kappa shape index (κ1) is 14.8. The van der Waals surface area contributed by atoms with Crippen LogP contribution >= 0.6 is 0 Å². The molecule has 0 unspecified atom stereocenters. The molecular formula is C16H20N8. The van der Waals surface area contributed by atoms with Gasteiger partial charge in [0.15, 0.2) is 17.3 Å². The Hall–Kier alpha value is -2.77. The van der Waals surface area contributed by atoms with Crippen molar-refractivity contribution in [1.82, 2.24) is 29.8 Å². The molecule has 1 fully saturated rings. The molecule has 0 radical (unpaired) electrons. The van der Waals surface area contributed by atoms with Gasteiger partial charge < -0.3 is 9.80 Å². The van der Waals surface area contributed by atoms with Gasteiger partial charge in [-0.25, -0.2) is 4.98 Å². The van der Waals surface area contributed by atoms with Crippen LogP contribution < -0.4 is 9.80 Å². The molecule has 124 valence electrons. The minimum Gasteiger partial charge on any atom is -0.352 e. The zero-order valence-corrected chi connectivity index (χ0v) is 14.1. The summed E-state index contributed by atoms with van der Waals surface area (Å²) in [5.41, 5.74) is 2.94. The second kappa shape index (κ2) is 5.70. The third kappa shape index (κ3) is 2.53. The maximum absolute atomic E-state index is 4.47. The van der Waals surface area contributed by atoms with E-state index in [0.29, 0.717) is 0 Å². The van der Waals surface area contributed by atoms with Crippen molar-refractivity contribution in [3.8, 4) is 0 Å². The Labute approximate surface area is 140 Å². The molecule has 0 N–H and O–H groups in total. The molecule has 0 aliphatic carbocycles. The van der Waals surface area contributed by atoms with Gasteiger partial charge in [-0.3, -0.25) is 4.98 Å². The summed E-state index contributed by atoms with van der Waals surface area (Å²) in [5, 5.41) is 13.0. The Bertz CT molecular complexity index is 879. The topological polar surface area (TPSA) is 75.3 Å². The predicted octanol–water partition coefficient (Wildman–Crippen LogP) is 1.17. The lowest BCUT2D eigenvalue weighted by Gasteiger charge is -2.36. The molecule has 1 aliphatic rings. The van der Waals surface area contributed by atoms with Crippen molar-refractivity contribution in [2.24, 2.45) is 0 Å². The quantitative estimate of drug-likeness (QED) is 0.700. The van der Waals surface area contributed by atoms with E-state index in [1.807, 2.05) is 24.6 Å². The number of anilines is 2. The first-order chi connectivity index (χ1) is 11.6. The van der Waals surface area contributed by atoms with E-state index in [-0.39, 0.29) is 0 Å². The zero-order valence-electron chi connectivity index (χ0n) is 14.1. The standard InChI is InChI=1S/C16H20N8/c1-11-8-14(20-19-12(11)2)22-4-6-23(7-5-22)16-10-17-9-15-18-13(3)21-24(15)16/h8-10H,4-7H2,1-3H3. The van der Waals surface area contributed by atoms with Crippen LogP contribution in [-0.4, -0.2) is 56.0 Å². The van der Waals surface area contributed by atoms with E-state index in [1.165, 1.54) is 5.56 Å². The number of rotatable bonds is 2. The van der Waals surface area contributed by atoms with Crippen LogP contribution in [0, 0.1) is 20.8 Å². The summed E-state index contributed by atoms with van der Waals surface area (Å²) in [6.07, 6.45) is 3.59. The summed E-state index contributed by atoms with van der Waals surface area (Å²) in [7, 11) is 0. The van der Waals surface area contributed by atoms with Gasteiger partial charge in [-0.15, -0.1) is 10.2 Å². The lowest BCUT2D eigenvalue weighted by atomic mass is 10.2. The number of hydrogen-bond donors (Lipinski definition) is 0. The summed E-state index contributed by atoms with van der Waals surface area (Å²) in [4.78, 5) is 13.2. The van der Waals surface area contributed by atoms with Gasteiger partial charge in [0.2, 0.25) is 0 Å². The summed E-state index contributed by atoms with van der Waals surface area (Å²) in [6.45, 7) is 9.50. The Balaban J connectivity index is 1.54. The van der Waals surface area contributed by atoms with Crippen LogP contribution in [0.25, 0.3) is 5.65 Å². The summed E-state index contributed by atoms with van der Waals surface area (Å²) >= 11 is 0. The Morgan fingerprint density at radius 3 is 2.42 bits per heavy atom. The highest BCUT2D eigenvalue weighted by Crippen LogP contribution is 2.20. The minimum atomic E-state index is 0.758. The van der Waals surface area contributed by atoms with E-state index in [4.69, 9.17) is 0 Å². The van der Waals surface area contributed by atoms with Crippen LogP contribution in [0.2, 0.25) is 0 Å². The smallest absolute Gasteiger partial charge is 0.176 e. The van der Waals surface area contributed by atoms with Crippen molar-refractivity contribution >= 4 is 17.3 Å². The van der Waals surface area contributed by atoms with Gasteiger partial charge in [0.25, 0.3) is 0 Å². The molecule has 1 aliphatic heterocycles. The lowest BCUT2D eigenvalue weighted by Crippen LogP contribution is -2.47. The average Bonchev–Trinajstić information content (AvgIpc) is 2.97. The maximum Gasteiger partial charge on any atom is 0.176 e. The molecule has 8 nitrogen and oxygen atoms in total. The van der Waals surface area contributed by atoms with Crippen LogP contribution in [0.3, 0.4) is 0 Å². The van der Waals surface area contributed by atoms with Crippen molar-refractivity contribution in [3.63, 3.8) is 0 Å². The maximum atomic E-state index is 4.47. The van der Waals surface area contributed by atoms with Gasteiger partial charge in [-0.2, -0.15) is 9.61 Å². The van der Waals surface area contributed by atoms with Gasteiger partial charge in [-0.1, -0.05) is 0 Å². The highest BCUT2D eigenvalue weighted by molar-refractivity contribution is 5.49. The molecule has 8 heteroatoms. The van der Waals surface area contributed by atoms with Gasteiger partial charge in [0.05, 0.1) is 18.1 Å². The molecule has 3 aromatic heterocycles. The van der Waals surface area contributed by atoms with E-state index < -0.39 is 0 Å². The van der Waals surface area contributed by atoms with Crippen LogP contribution in [0.1, 0.15) is 17.1 Å². The fraction of sp³-hybridized carbons (Fsp3) is 0.438. The van der Waals surface area contributed by atoms with Gasteiger partial charge in [0, 0.05) is 26.2 Å². The first-order valence-electron chi connectivity index (χ1n) is 8.10. The van der Waals surface area contributed by atoms with E-state index in [1.54, 1.807) is 6.20 Å². The fourth-order valence-corrected chi connectivity index (χ4v) is 2.98. The van der Waals surface area contributed by atoms with Gasteiger partial charge in [-0.05, 0) is 32.4 Å². The molecule has 0 amide bonds. The number of hydrogen-bond acceptors (Lipinski definition) is 7. The molecule has 4 heterocycles. The molecule has 0 bridgehead atoms. The second-order valence-electron chi connectivity index (χ2n) is 6.14. The highest BCUT2D eigenvalue weighted by atomic mass is 15.4. The molecule has 0 aromatic carbocycles. The largest absolute Gasteiger partial charge is 0.352 e. The molecule has 1 saturated heterocycles. The van der Waals surface area contributed by atoms with Crippen LogP contribution in [0.5, 0.6) is 0 Å². The molecule has 0 saturated carbocycles. The van der Waals surface area contributed by atoms with Crippen molar-refractivity contribution in [2.75, 3.05) is 36.0 Å². The van der Waals surface area contributed by atoms with Crippen molar-refractivity contribution in [3.05, 3.63) is 35.5 Å². The van der Waals surface area contributed by atoms with E-state index in [0.717, 1.165) is 55.0 Å². The Morgan fingerprint density at radius 2 is 1.67 bits per heavy atom. The lowest BCUT2D eigenvalue weighted by molar-refractivity contribution is 0.628. The SMILES string of the molecule is Cc1nc2cncc(N3CCN(c4cc(C)c(C)nn4)CC3)n2n1. The number of piperazine rings is 1. The molecule has 24 heavy (non-hydrogen) atoms. The zero-order chi connectivity index (χ0) is 16.7. The molecular weight excluding hydrogens is 304 g/mol. The Kier molecular flexibility index (Phi) is 3.51. The fourth-order valence-electron chi connectivity index (χ4n) is 2.98. The molecule has 3 aromatic rings. The van der Waals surface area contributed by atoms with E-state index >= 15 is 0 Å². The van der Waals surface area contributed by atoms with Crippen molar-refractivity contribution < 1.29 is 0 Å². The normalized spacial score (nSPS) is 15.3. The number of aromatic nitrogens is 6. The second-order valence-corrected chi connectivity index (χ2v) is 6.14. The third-order valence-corrected chi connectivity index (χ3v) is 4.48. The van der Waals surface area contributed by atoms with Crippen LogP contribution in [0.4, 0.5) is 11.6 Å². The van der Waals surface area contributed by atoms with Gasteiger partial charge >= 0.3 is 0 Å². The average molecular weight is 324 g/mol. The van der Waals surface area contributed by atoms with E-state index in [2.05, 4.69) is 48.1 Å². The summed E-state index contributed by atoms with van der Waals surface area (Å²) in [5.74, 6) is 2.69. The monoisotopic (exact) mass is 324 g/mol. The summed E-state index contributed by atoms with van der Waals surface area (Å²) < 4.78 is 1.87. The summed E-state index contributed by atoms with van der Waals surface area (Å²) in [6, 6.07) is 2.11. The number of fused-ring (bicyclic) bond motifs is 1. The molecule has 0 spiro atoms. The highest BCUT2D eigenvalue weighted by Gasteiger charge is 2.21. The van der Waals surface area contributed by atoms with Crippen molar-refractivity contribution in [1.29, 1.82) is 0 Å². The number of aryl methyl sites for hydroxylation is 3. The van der Waals surface area contributed by atoms with Crippen LogP contribution in [-0.2, 0) is 0 Å². The first-order valence-corrected chi connectivity index (χ1v) is 8.10. The molecule has 4 rings (SSSR count). The van der Waals surface area contributed by atoms with Crippen LogP contribution in [0.15, 0.2) is 18.5 Å².